The van der Waals surface area contributed by atoms with Crippen LogP contribution in [0.2, 0.25) is 0 Å². The molecule has 1 aromatic rings. The summed E-state index contributed by atoms with van der Waals surface area (Å²) in [6.07, 6.45) is 4.78. The van der Waals surface area contributed by atoms with E-state index in [0.29, 0.717) is 25.9 Å². The Balaban J connectivity index is 1.79. The lowest BCUT2D eigenvalue weighted by Gasteiger charge is -2.42. The van der Waals surface area contributed by atoms with Crippen molar-refractivity contribution >= 4 is 11.9 Å². The Morgan fingerprint density at radius 3 is 2.75 bits per heavy atom. The molecule has 1 N–H and O–H groups in total. The van der Waals surface area contributed by atoms with Crippen LogP contribution < -0.4 is 4.74 Å². The number of likely N-dealkylation sites (tertiary alicyclic amines) is 1. The highest BCUT2D eigenvalue weighted by Gasteiger charge is 2.45. The van der Waals surface area contributed by atoms with Gasteiger partial charge in [0.05, 0.1) is 12.5 Å². The molecule has 5 nitrogen and oxygen atoms in total. The van der Waals surface area contributed by atoms with E-state index in [2.05, 4.69) is 0 Å². The zero-order valence-electron chi connectivity index (χ0n) is 14.2. The molecule has 0 aromatic heterocycles. The standard InChI is InChI=1S/C19H25NO4/c1-24-16-8-2-5-14(11-16)12-19(18(22)23)9-4-10-20(13-19)17(21)15-6-3-7-15/h2,5,8,11,15H,3-4,6-7,9-10,12-13H2,1H3,(H,22,23). The summed E-state index contributed by atoms with van der Waals surface area (Å²) in [5.74, 6) is 0.186. The van der Waals surface area contributed by atoms with Gasteiger partial charge in [-0.15, -0.1) is 0 Å². The van der Waals surface area contributed by atoms with Crippen molar-refractivity contribution in [2.45, 2.75) is 38.5 Å². The van der Waals surface area contributed by atoms with Crippen molar-refractivity contribution in [3.63, 3.8) is 0 Å². The van der Waals surface area contributed by atoms with Crippen LogP contribution in [0, 0.1) is 11.3 Å². The third-order valence-corrected chi connectivity index (χ3v) is 5.47. The lowest BCUT2D eigenvalue weighted by Crippen LogP contribution is -2.53. The zero-order chi connectivity index (χ0) is 17.2. The smallest absolute Gasteiger partial charge is 0.311 e. The quantitative estimate of drug-likeness (QED) is 0.901. The molecule has 24 heavy (non-hydrogen) atoms. The summed E-state index contributed by atoms with van der Waals surface area (Å²) in [7, 11) is 1.60. The molecule has 130 valence electrons. The number of carboxylic acids is 1. The van der Waals surface area contributed by atoms with Gasteiger partial charge < -0.3 is 14.7 Å². The van der Waals surface area contributed by atoms with Gasteiger partial charge in [0.1, 0.15) is 5.75 Å². The summed E-state index contributed by atoms with van der Waals surface area (Å²) < 4.78 is 5.24. The molecule has 1 amide bonds. The second-order valence-corrected chi connectivity index (χ2v) is 7.10. The van der Waals surface area contributed by atoms with Crippen LogP contribution in [0.4, 0.5) is 0 Å². The van der Waals surface area contributed by atoms with Crippen LogP contribution in [-0.2, 0) is 16.0 Å². The molecule has 1 saturated heterocycles. The molecule has 1 aromatic carbocycles. The number of hydrogen-bond acceptors (Lipinski definition) is 3. The van der Waals surface area contributed by atoms with Gasteiger partial charge in [0.25, 0.3) is 0 Å². The van der Waals surface area contributed by atoms with Gasteiger partial charge in [-0.2, -0.15) is 0 Å². The minimum absolute atomic E-state index is 0.117. The van der Waals surface area contributed by atoms with E-state index >= 15 is 0 Å². The zero-order valence-corrected chi connectivity index (χ0v) is 14.2. The third-order valence-electron chi connectivity index (χ3n) is 5.47. The van der Waals surface area contributed by atoms with Gasteiger partial charge in [-0.05, 0) is 49.8 Å². The maximum atomic E-state index is 12.6. The fraction of sp³-hybridized carbons (Fsp3) is 0.579. The predicted molar refractivity (Wildman–Crippen MR) is 89.9 cm³/mol. The van der Waals surface area contributed by atoms with Crippen molar-refractivity contribution in [3.05, 3.63) is 29.8 Å². The molecule has 1 heterocycles. The number of amides is 1. The summed E-state index contributed by atoms with van der Waals surface area (Å²) in [6.45, 7) is 0.997. The molecular weight excluding hydrogens is 306 g/mol. The molecule has 1 atom stereocenters. The number of methoxy groups -OCH3 is 1. The molecule has 0 spiro atoms. The van der Waals surface area contributed by atoms with Crippen LogP contribution >= 0.6 is 0 Å². The summed E-state index contributed by atoms with van der Waals surface area (Å²) in [5, 5.41) is 9.92. The number of carboxylic acid groups (broad SMARTS) is 1. The van der Waals surface area contributed by atoms with Gasteiger partial charge in [0, 0.05) is 19.0 Å². The highest BCUT2D eigenvalue weighted by molar-refractivity contribution is 5.82. The number of hydrogen-bond donors (Lipinski definition) is 1. The Labute approximate surface area is 142 Å². The molecule has 1 aliphatic carbocycles. The first-order valence-electron chi connectivity index (χ1n) is 8.69. The predicted octanol–water partition coefficient (Wildman–Crippen LogP) is 2.73. The Hall–Kier alpha value is -2.04. The molecule has 3 rings (SSSR count). The lowest BCUT2D eigenvalue weighted by atomic mass is 9.74. The van der Waals surface area contributed by atoms with Crippen LogP contribution in [0.3, 0.4) is 0 Å². The second kappa shape index (κ2) is 6.83. The van der Waals surface area contributed by atoms with Crippen LogP contribution in [0.5, 0.6) is 5.75 Å². The van der Waals surface area contributed by atoms with Crippen molar-refractivity contribution in [3.8, 4) is 5.75 Å². The first-order chi connectivity index (χ1) is 11.5. The van der Waals surface area contributed by atoms with Gasteiger partial charge in [-0.1, -0.05) is 18.6 Å². The third kappa shape index (κ3) is 3.25. The fourth-order valence-corrected chi connectivity index (χ4v) is 3.80. The number of rotatable bonds is 5. The minimum Gasteiger partial charge on any atom is -0.497 e. The number of aliphatic carboxylic acids is 1. The van der Waals surface area contributed by atoms with E-state index in [1.165, 1.54) is 0 Å². The molecule has 2 fully saturated rings. The van der Waals surface area contributed by atoms with Gasteiger partial charge in [0.15, 0.2) is 0 Å². The van der Waals surface area contributed by atoms with Gasteiger partial charge in [0.2, 0.25) is 5.91 Å². The molecule has 1 unspecified atom stereocenters. The fourth-order valence-electron chi connectivity index (χ4n) is 3.80. The first kappa shape index (κ1) is 16.8. The van der Waals surface area contributed by atoms with Crippen LogP contribution in [0.1, 0.15) is 37.7 Å². The summed E-state index contributed by atoms with van der Waals surface area (Å²) in [6, 6.07) is 7.55. The van der Waals surface area contributed by atoms with E-state index < -0.39 is 11.4 Å². The van der Waals surface area contributed by atoms with E-state index in [-0.39, 0.29) is 11.8 Å². The minimum atomic E-state index is -0.899. The maximum absolute atomic E-state index is 12.6. The number of nitrogens with zero attached hydrogens (tertiary/aromatic N) is 1. The Bertz CT molecular complexity index is 626. The highest BCUT2D eigenvalue weighted by Crippen LogP contribution is 2.37. The van der Waals surface area contributed by atoms with Crippen molar-refractivity contribution in [2.24, 2.45) is 11.3 Å². The van der Waals surface area contributed by atoms with E-state index in [1.54, 1.807) is 12.0 Å². The molecule has 2 aliphatic rings. The number of benzene rings is 1. The number of piperidine rings is 1. The SMILES string of the molecule is COc1cccc(CC2(C(=O)O)CCCN(C(=O)C3CCC3)C2)c1. The van der Waals surface area contributed by atoms with Gasteiger partial charge >= 0.3 is 5.97 Å². The summed E-state index contributed by atoms with van der Waals surface area (Å²) in [5.41, 5.74) is 0.0407. The number of ether oxygens (including phenoxy) is 1. The van der Waals surface area contributed by atoms with Crippen molar-refractivity contribution in [1.82, 2.24) is 4.90 Å². The second-order valence-electron chi connectivity index (χ2n) is 7.10. The molecule has 0 radical (unpaired) electrons. The van der Waals surface area contributed by atoms with Gasteiger partial charge in [-0.3, -0.25) is 9.59 Å². The molecular formula is C19H25NO4. The van der Waals surface area contributed by atoms with Gasteiger partial charge in [-0.25, -0.2) is 0 Å². The van der Waals surface area contributed by atoms with Crippen LogP contribution in [0.15, 0.2) is 24.3 Å². The van der Waals surface area contributed by atoms with E-state index in [0.717, 1.165) is 37.0 Å². The van der Waals surface area contributed by atoms with E-state index in [1.807, 2.05) is 24.3 Å². The topological polar surface area (TPSA) is 66.8 Å². The van der Waals surface area contributed by atoms with E-state index in [9.17, 15) is 14.7 Å². The highest BCUT2D eigenvalue weighted by atomic mass is 16.5. The first-order valence-corrected chi connectivity index (χ1v) is 8.69. The van der Waals surface area contributed by atoms with Crippen molar-refractivity contribution in [1.29, 1.82) is 0 Å². The summed E-state index contributed by atoms with van der Waals surface area (Å²) >= 11 is 0. The van der Waals surface area contributed by atoms with Crippen LogP contribution in [-0.4, -0.2) is 42.1 Å². The Kier molecular flexibility index (Phi) is 4.78. The van der Waals surface area contributed by atoms with Crippen molar-refractivity contribution < 1.29 is 19.4 Å². The number of carbonyl (C=O) groups excluding carboxylic acids is 1. The normalized spacial score (nSPS) is 24.3. The molecule has 0 bridgehead atoms. The molecule has 5 heteroatoms. The number of carbonyl (C=O) groups is 2. The average molecular weight is 331 g/mol. The largest absolute Gasteiger partial charge is 0.497 e. The van der Waals surface area contributed by atoms with E-state index in [4.69, 9.17) is 4.74 Å². The Morgan fingerprint density at radius 1 is 1.33 bits per heavy atom. The monoisotopic (exact) mass is 331 g/mol. The average Bonchev–Trinajstić information content (AvgIpc) is 2.53. The summed E-state index contributed by atoms with van der Waals surface area (Å²) in [4.78, 5) is 26.4. The molecule has 1 saturated carbocycles. The van der Waals surface area contributed by atoms with Crippen LogP contribution in [0.25, 0.3) is 0 Å². The lowest BCUT2D eigenvalue weighted by molar-refractivity contribution is -0.156. The van der Waals surface area contributed by atoms with Crippen molar-refractivity contribution in [2.75, 3.05) is 20.2 Å². The Morgan fingerprint density at radius 2 is 2.12 bits per heavy atom. The maximum Gasteiger partial charge on any atom is 0.311 e. The molecule has 1 aliphatic heterocycles.